The lowest BCUT2D eigenvalue weighted by Crippen LogP contribution is -1.86. The van der Waals surface area contributed by atoms with Crippen molar-refractivity contribution in [2.75, 3.05) is 5.73 Å². The molecule has 0 atom stereocenters. The molecule has 4 aromatic rings. The Morgan fingerprint density at radius 2 is 2.05 bits per heavy atom. The molecular formula is C15H8FIN2OS. The van der Waals surface area contributed by atoms with Crippen molar-refractivity contribution in [3.8, 4) is 10.8 Å². The molecule has 0 bridgehead atoms. The monoisotopic (exact) mass is 410 g/mol. The number of benzene rings is 2. The average Bonchev–Trinajstić information content (AvgIpc) is 3.06. The van der Waals surface area contributed by atoms with Crippen LogP contribution in [-0.2, 0) is 0 Å². The Kier molecular flexibility index (Phi) is 2.90. The summed E-state index contributed by atoms with van der Waals surface area (Å²) >= 11 is 3.79. The maximum Gasteiger partial charge on any atom is 0.164 e. The summed E-state index contributed by atoms with van der Waals surface area (Å²) in [6.07, 6.45) is 0. The molecule has 6 heteroatoms. The van der Waals surface area contributed by atoms with Gasteiger partial charge in [0.15, 0.2) is 10.8 Å². The minimum absolute atomic E-state index is 0.280. The highest BCUT2D eigenvalue weighted by Gasteiger charge is 2.14. The highest BCUT2D eigenvalue weighted by molar-refractivity contribution is 14.1. The Labute approximate surface area is 136 Å². The molecule has 104 valence electrons. The van der Waals surface area contributed by atoms with E-state index >= 15 is 0 Å². The Hall–Kier alpha value is -1.67. The molecule has 0 saturated carbocycles. The van der Waals surface area contributed by atoms with Crippen LogP contribution in [-0.4, -0.2) is 4.98 Å². The van der Waals surface area contributed by atoms with E-state index in [-0.39, 0.29) is 5.82 Å². The van der Waals surface area contributed by atoms with Gasteiger partial charge in [-0.25, -0.2) is 9.37 Å². The molecule has 2 N–H and O–H groups in total. The third-order valence-electron chi connectivity index (χ3n) is 3.22. The molecule has 2 heterocycles. The molecule has 0 spiro atoms. The average molecular weight is 410 g/mol. The van der Waals surface area contributed by atoms with Crippen molar-refractivity contribution in [1.29, 1.82) is 0 Å². The van der Waals surface area contributed by atoms with Crippen LogP contribution in [0.4, 0.5) is 10.1 Å². The first-order chi connectivity index (χ1) is 10.1. The van der Waals surface area contributed by atoms with Crippen LogP contribution < -0.4 is 5.73 Å². The Morgan fingerprint density at radius 1 is 1.19 bits per heavy atom. The number of aromatic nitrogens is 1. The third kappa shape index (κ3) is 2.09. The normalized spacial score (nSPS) is 11.5. The van der Waals surface area contributed by atoms with Crippen molar-refractivity contribution in [1.82, 2.24) is 4.98 Å². The minimum Gasteiger partial charge on any atom is -0.454 e. The van der Waals surface area contributed by atoms with Gasteiger partial charge in [-0.15, -0.1) is 11.3 Å². The molecule has 0 radical (unpaired) electrons. The topological polar surface area (TPSA) is 52.0 Å². The first-order valence-corrected chi connectivity index (χ1v) is 8.05. The summed E-state index contributed by atoms with van der Waals surface area (Å²) in [5.74, 6) is 0.352. The van der Waals surface area contributed by atoms with E-state index in [0.29, 0.717) is 17.0 Å². The lowest BCUT2D eigenvalue weighted by atomic mass is 10.2. The van der Waals surface area contributed by atoms with E-state index in [9.17, 15) is 4.39 Å². The molecule has 0 aliphatic rings. The number of fused-ring (bicyclic) bond motifs is 2. The van der Waals surface area contributed by atoms with Gasteiger partial charge in [-0.1, -0.05) is 0 Å². The lowest BCUT2D eigenvalue weighted by Gasteiger charge is -1.95. The van der Waals surface area contributed by atoms with Gasteiger partial charge in [0.1, 0.15) is 16.9 Å². The summed E-state index contributed by atoms with van der Waals surface area (Å²) in [6.45, 7) is 0. The summed E-state index contributed by atoms with van der Waals surface area (Å²) in [5, 5.41) is 1.48. The summed E-state index contributed by atoms with van der Waals surface area (Å²) < 4.78 is 21.1. The van der Waals surface area contributed by atoms with E-state index in [4.69, 9.17) is 10.2 Å². The summed E-state index contributed by atoms with van der Waals surface area (Å²) in [5.41, 5.74) is 8.05. The third-order valence-corrected chi connectivity index (χ3v) is 5.58. The molecular weight excluding hydrogens is 402 g/mol. The predicted octanol–water partition coefficient (Wildman–Crippen LogP) is 5.04. The van der Waals surface area contributed by atoms with Gasteiger partial charge in [-0.05, 0) is 59.0 Å². The number of nitrogen functional groups attached to an aromatic ring is 1. The Balaban J connectivity index is 1.95. The van der Waals surface area contributed by atoms with E-state index in [1.165, 1.54) is 23.5 Å². The van der Waals surface area contributed by atoms with Gasteiger partial charge in [0.05, 0.1) is 10.4 Å². The van der Waals surface area contributed by atoms with Gasteiger partial charge in [-0.2, -0.15) is 0 Å². The van der Waals surface area contributed by atoms with Crippen molar-refractivity contribution in [2.45, 2.75) is 0 Å². The highest BCUT2D eigenvalue weighted by Crippen LogP contribution is 2.37. The van der Waals surface area contributed by atoms with Crippen LogP contribution in [0.15, 0.2) is 40.8 Å². The molecule has 0 aliphatic carbocycles. The number of halogens is 2. The minimum atomic E-state index is -0.280. The van der Waals surface area contributed by atoms with Gasteiger partial charge >= 0.3 is 0 Å². The van der Waals surface area contributed by atoms with Gasteiger partial charge < -0.3 is 10.2 Å². The number of nitrogens with two attached hydrogens (primary N) is 1. The van der Waals surface area contributed by atoms with Crippen LogP contribution in [0, 0.1) is 9.39 Å². The lowest BCUT2D eigenvalue weighted by molar-refractivity contribution is 0.619. The quantitative estimate of drug-likeness (QED) is 0.354. The van der Waals surface area contributed by atoms with Gasteiger partial charge in [0.2, 0.25) is 0 Å². The Morgan fingerprint density at radius 3 is 2.86 bits per heavy atom. The molecule has 0 fully saturated rings. The number of furan rings is 1. The molecule has 0 saturated heterocycles. The van der Waals surface area contributed by atoms with Crippen LogP contribution in [0.2, 0.25) is 0 Å². The molecule has 21 heavy (non-hydrogen) atoms. The molecule has 2 aromatic carbocycles. The number of nitrogens with zero attached hydrogens (tertiary/aromatic N) is 1. The second-order valence-electron chi connectivity index (χ2n) is 4.63. The fourth-order valence-electron chi connectivity index (χ4n) is 2.22. The fraction of sp³-hybridized carbons (Fsp3) is 0. The van der Waals surface area contributed by atoms with Crippen LogP contribution in [0.5, 0.6) is 0 Å². The zero-order valence-corrected chi connectivity index (χ0v) is 13.5. The van der Waals surface area contributed by atoms with E-state index in [2.05, 4.69) is 27.6 Å². The standard InChI is InChI=1S/C15H8FIN2OS/c16-8-1-4-11-7(5-8)6-12(20-11)15-19-13-10(18)3-2-9(17)14(13)21-15/h1-6H,18H2. The van der Waals surface area contributed by atoms with E-state index in [0.717, 1.165) is 24.2 Å². The van der Waals surface area contributed by atoms with Crippen molar-refractivity contribution in [3.05, 3.63) is 45.8 Å². The molecule has 4 rings (SSSR count). The maximum absolute atomic E-state index is 13.2. The Bertz CT molecular complexity index is 953. The first kappa shape index (κ1) is 13.0. The highest BCUT2D eigenvalue weighted by atomic mass is 127. The van der Waals surface area contributed by atoms with E-state index in [1.807, 2.05) is 12.1 Å². The second-order valence-corrected chi connectivity index (χ2v) is 6.79. The number of rotatable bonds is 1. The maximum atomic E-state index is 13.2. The zero-order chi connectivity index (χ0) is 14.6. The van der Waals surface area contributed by atoms with Gasteiger partial charge in [-0.3, -0.25) is 0 Å². The number of hydrogen-bond acceptors (Lipinski definition) is 4. The van der Waals surface area contributed by atoms with Gasteiger partial charge in [0, 0.05) is 8.96 Å². The molecule has 0 amide bonds. The fourth-order valence-corrected chi connectivity index (χ4v) is 3.94. The largest absolute Gasteiger partial charge is 0.454 e. The molecule has 2 aromatic heterocycles. The molecule has 3 nitrogen and oxygen atoms in total. The van der Waals surface area contributed by atoms with Crippen LogP contribution in [0.1, 0.15) is 0 Å². The van der Waals surface area contributed by atoms with Gasteiger partial charge in [0.25, 0.3) is 0 Å². The summed E-state index contributed by atoms with van der Waals surface area (Å²) in [4.78, 5) is 4.56. The van der Waals surface area contributed by atoms with E-state index < -0.39 is 0 Å². The number of thiazole rings is 1. The van der Waals surface area contributed by atoms with Crippen molar-refractivity contribution in [3.63, 3.8) is 0 Å². The van der Waals surface area contributed by atoms with Crippen molar-refractivity contribution < 1.29 is 8.81 Å². The SMILES string of the molecule is Nc1ccc(I)c2sc(-c3cc4cc(F)ccc4o3)nc12. The van der Waals surface area contributed by atoms with E-state index in [1.54, 1.807) is 12.1 Å². The first-order valence-electron chi connectivity index (χ1n) is 6.16. The number of anilines is 1. The number of hydrogen-bond donors (Lipinski definition) is 1. The predicted molar refractivity (Wildman–Crippen MR) is 91.9 cm³/mol. The smallest absolute Gasteiger partial charge is 0.164 e. The zero-order valence-electron chi connectivity index (χ0n) is 10.6. The van der Waals surface area contributed by atoms with Crippen LogP contribution >= 0.6 is 33.9 Å². The van der Waals surface area contributed by atoms with Crippen LogP contribution in [0.3, 0.4) is 0 Å². The summed E-state index contributed by atoms with van der Waals surface area (Å²) in [6, 6.07) is 10.1. The van der Waals surface area contributed by atoms with Crippen molar-refractivity contribution in [2.24, 2.45) is 0 Å². The molecule has 0 aliphatic heterocycles. The molecule has 0 unspecified atom stereocenters. The summed E-state index contributed by atoms with van der Waals surface area (Å²) in [7, 11) is 0. The van der Waals surface area contributed by atoms with Crippen LogP contribution in [0.25, 0.3) is 32.0 Å². The second kappa shape index (κ2) is 4.67. The van der Waals surface area contributed by atoms with Crippen molar-refractivity contribution >= 4 is 60.8 Å².